The molecule has 2 fully saturated rings. The molecule has 0 aliphatic heterocycles. The summed E-state index contributed by atoms with van der Waals surface area (Å²) < 4.78 is 45.9. The number of aliphatic hydroxyl groups is 2. The number of aromatic carboxylic acids is 1. The monoisotopic (exact) mass is 1090 g/mol. The first-order valence-corrected chi connectivity index (χ1v) is 33.5. The lowest BCUT2D eigenvalue weighted by molar-refractivity contribution is 0.0269. The highest BCUT2D eigenvalue weighted by atomic mass is 28.3. The number of aromatic nitrogens is 10. The van der Waals surface area contributed by atoms with E-state index in [1.807, 2.05) is 18.4 Å². The molecule has 1 amide bonds. The molecular weight excluding hydrogens is 1020 g/mol. The molecule has 77 heavy (non-hydrogen) atoms. The predicted octanol–water partition coefficient (Wildman–Crippen LogP) is 8.56. The number of aliphatic hydroxyl groups excluding tert-OH is 2. The van der Waals surface area contributed by atoms with Gasteiger partial charge in [0, 0.05) is 78.7 Å². The number of nitrogens with two attached hydrogens (primary N) is 1. The fourth-order valence-corrected chi connectivity index (χ4v) is 10.8. The molecule has 0 saturated heterocycles. The standard InChI is InChI=1S/C27H35FN6O3Si.C21H24FN5O3Si.C6H13NO/c1-16(17-10-19(35)11-17)30-27(36)21-14-34(15-37-8-9-38(3,4)5)26-25(21)31-22(13-29-26)24-20-7-6-18(28)12-23(20)33(2)32-24;1-26-17-9-13(22)5-6-14(17)18(25-26)16-10-23-20-19(24-16)15(21(28)29)11-27(20)12-30-7-8-31(2,3)4;1-4(7)5-2-6(8)3-5/h6-7,12-14,16-17,19,35H,8-11,15H2,1-5H3,(H,30,36);5-6,9-11H,7-8,12H2,1-4H3,(H,28,29);4-6,8H,2-3,7H2,1H3. The molecule has 6 N–H and O–H groups in total. The SMILES string of the molecule is CC(N)C1CC(O)C1.CC(NC(=O)c1cn(COCC[Si](C)(C)C)c2ncc(-c3nn(C)c4cc(F)ccc34)nc12)C1CC(O)C1.Cn1nc(-c2cnc3c(n2)c(C(=O)O)cn3COCC[Si](C)(C)C)c2ccc(F)cc21. The maximum absolute atomic E-state index is 13.8. The van der Waals surface area contributed by atoms with Gasteiger partial charge < -0.3 is 45.0 Å². The van der Waals surface area contributed by atoms with Crippen LogP contribution >= 0.6 is 0 Å². The number of ether oxygens (including phenoxy) is 2. The summed E-state index contributed by atoms with van der Waals surface area (Å²) in [6.45, 7) is 19.4. The molecule has 2 atom stereocenters. The molecule has 6 aromatic heterocycles. The van der Waals surface area contributed by atoms with E-state index in [0.717, 1.165) is 30.3 Å². The van der Waals surface area contributed by atoms with Crippen LogP contribution in [0, 0.1) is 23.5 Å². The molecule has 2 aliphatic rings. The van der Waals surface area contributed by atoms with Gasteiger partial charge in [-0.15, -0.1) is 0 Å². The summed E-state index contributed by atoms with van der Waals surface area (Å²) in [5.41, 5.74) is 11.0. The number of carbonyl (C=O) groups excluding carboxylic acids is 1. The van der Waals surface area contributed by atoms with Gasteiger partial charge in [-0.2, -0.15) is 10.2 Å². The van der Waals surface area contributed by atoms with E-state index in [2.05, 4.69) is 69.7 Å². The minimum atomic E-state index is -1.24. The van der Waals surface area contributed by atoms with E-state index in [4.69, 9.17) is 25.3 Å². The van der Waals surface area contributed by atoms with Crippen molar-refractivity contribution in [2.24, 2.45) is 31.7 Å². The number of carboxylic acids is 1. The topological polar surface area (TPSA) is 248 Å². The molecule has 0 spiro atoms. The normalized spacial score (nSPS) is 18.3. The van der Waals surface area contributed by atoms with E-state index in [-0.39, 0.29) is 72.3 Å². The smallest absolute Gasteiger partial charge is 0.339 e. The van der Waals surface area contributed by atoms with E-state index >= 15 is 0 Å². The molecule has 2 aliphatic carbocycles. The van der Waals surface area contributed by atoms with Crippen molar-refractivity contribution in [3.05, 3.63) is 83.9 Å². The number of halogens is 2. The largest absolute Gasteiger partial charge is 0.478 e. The molecular formula is C54H72F2N12O7Si2. The number of hydrogen-bond donors (Lipinski definition) is 5. The number of rotatable bonds is 17. The second-order valence-corrected chi connectivity index (χ2v) is 34.3. The van der Waals surface area contributed by atoms with E-state index < -0.39 is 22.1 Å². The van der Waals surface area contributed by atoms with Crippen molar-refractivity contribution < 1.29 is 43.2 Å². The fourth-order valence-electron chi connectivity index (χ4n) is 9.27. The van der Waals surface area contributed by atoms with Crippen LogP contribution < -0.4 is 11.1 Å². The average molecular weight is 1100 g/mol. The van der Waals surface area contributed by atoms with Crippen LogP contribution in [0.25, 0.3) is 66.9 Å². The molecule has 2 unspecified atom stereocenters. The predicted molar refractivity (Wildman–Crippen MR) is 298 cm³/mol. The lowest BCUT2D eigenvalue weighted by Crippen LogP contribution is -2.45. The van der Waals surface area contributed by atoms with Gasteiger partial charge in [0.05, 0.1) is 41.2 Å². The number of hydrogen-bond acceptors (Lipinski definition) is 13. The molecule has 0 radical (unpaired) electrons. The van der Waals surface area contributed by atoms with Gasteiger partial charge >= 0.3 is 5.97 Å². The van der Waals surface area contributed by atoms with Crippen LogP contribution in [0.3, 0.4) is 0 Å². The second kappa shape index (κ2) is 23.3. The van der Waals surface area contributed by atoms with Crippen LogP contribution in [0.15, 0.2) is 61.2 Å². The van der Waals surface area contributed by atoms with Crippen LogP contribution in [0.2, 0.25) is 51.4 Å². The van der Waals surface area contributed by atoms with Crippen LogP contribution in [-0.4, -0.2) is 129 Å². The minimum Gasteiger partial charge on any atom is -0.478 e. The highest BCUT2D eigenvalue weighted by Gasteiger charge is 2.33. The lowest BCUT2D eigenvalue weighted by atomic mass is 9.78. The van der Waals surface area contributed by atoms with E-state index in [1.54, 1.807) is 58.7 Å². The second-order valence-electron chi connectivity index (χ2n) is 23.0. The molecule has 19 nitrogen and oxygen atoms in total. The van der Waals surface area contributed by atoms with Crippen LogP contribution in [0.5, 0.6) is 0 Å². The first kappa shape index (κ1) is 56.8. The minimum absolute atomic E-state index is 0.0458. The Hall–Kier alpha value is -6.35. The fraction of sp³-hybridized carbons (Fsp3) is 0.481. The maximum atomic E-state index is 13.8. The van der Waals surface area contributed by atoms with Crippen LogP contribution in [0.1, 0.15) is 60.2 Å². The number of amides is 1. The van der Waals surface area contributed by atoms with Gasteiger partial charge in [0.25, 0.3) is 5.91 Å². The maximum Gasteiger partial charge on any atom is 0.339 e. The van der Waals surface area contributed by atoms with Crippen molar-refractivity contribution in [2.45, 2.75) is 129 Å². The Labute approximate surface area is 447 Å². The summed E-state index contributed by atoms with van der Waals surface area (Å²) in [5, 5.41) is 41.7. The van der Waals surface area contributed by atoms with Crippen molar-refractivity contribution in [1.29, 1.82) is 0 Å². The Morgan fingerprint density at radius 3 is 1.55 bits per heavy atom. The third-order valence-electron chi connectivity index (χ3n) is 14.3. The molecule has 6 heterocycles. The Kier molecular flexibility index (Phi) is 17.2. The number of nitrogens with one attached hydrogen (secondary N) is 1. The summed E-state index contributed by atoms with van der Waals surface area (Å²) in [5.74, 6) is -1.21. The van der Waals surface area contributed by atoms with Gasteiger partial charge in [-0.1, -0.05) is 39.3 Å². The molecule has 10 rings (SSSR count). The summed E-state index contributed by atoms with van der Waals surface area (Å²) in [4.78, 5) is 43.8. The van der Waals surface area contributed by atoms with Crippen LogP contribution in [-0.2, 0) is 37.0 Å². The zero-order chi connectivity index (χ0) is 55.7. The highest BCUT2D eigenvalue weighted by Crippen LogP contribution is 2.33. The zero-order valence-corrected chi connectivity index (χ0v) is 47.6. The van der Waals surface area contributed by atoms with Gasteiger partial charge in [0.2, 0.25) is 0 Å². The van der Waals surface area contributed by atoms with Crippen molar-refractivity contribution >= 4 is 72.2 Å². The average Bonchev–Trinajstić information content (AvgIpc) is 4.13. The number of benzene rings is 2. The highest BCUT2D eigenvalue weighted by molar-refractivity contribution is 6.76. The van der Waals surface area contributed by atoms with Gasteiger partial charge in [-0.3, -0.25) is 14.2 Å². The molecule has 412 valence electrons. The summed E-state index contributed by atoms with van der Waals surface area (Å²) in [6, 6.07) is 11.1. The molecule has 8 aromatic rings. The Morgan fingerprint density at radius 1 is 0.714 bits per heavy atom. The van der Waals surface area contributed by atoms with Gasteiger partial charge in [0.1, 0.15) is 64.5 Å². The van der Waals surface area contributed by atoms with Gasteiger partial charge in [-0.05, 0) is 99.9 Å². The molecule has 2 saturated carbocycles. The summed E-state index contributed by atoms with van der Waals surface area (Å²) >= 11 is 0. The van der Waals surface area contributed by atoms with Crippen molar-refractivity contribution in [3.8, 4) is 22.8 Å². The number of aryl methyl sites for hydroxylation is 2. The number of fused-ring (bicyclic) bond motifs is 4. The van der Waals surface area contributed by atoms with Crippen LogP contribution in [0.4, 0.5) is 8.78 Å². The van der Waals surface area contributed by atoms with E-state index in [9.17, 15) is 28.6 Å². The zero-order valence-electron chi connectivity index (χ0n) is 45.6. The first-order chi connectivity index (χ1) is 36.3. The quantitative estimate of drug-likeness (QED) is 0.0424. The third kappa shape index (κ3) is 13.5. The molecule has 2 aromatic carbocycles. The molecule has 23 heteroatoms. The third-order valence-corrected chi connectivity index (χ3v) is 17.7. The summed E-state index contributed by atoms with van der Waals surface area (Å²) in [7, 11) is 1.01. The van der Waals surface area contributed by atoms with Crippen molar-refractivity contribution in [2.75, 3.05) is 13.2 Å². The van der Waals surface area contributed by atoms with E-state index in [1.165, 1.54) is 30.5 Å². The molecule has 0 bridgehead atoms. The number of carbonyl (C=O) groups is 2. The number of nitrogens with zero attached hydrogens (tertiary/aromatic N) is 10. The number of carboxylic acid groups (broad SMARTS) is 1. The van der Waals surface area contributed by atoms with Gasteiger partial charge in [-0.25, -0.2) is 33.5 Å². The van der Waals surface area contributed by atoms with E-state index in [0.29, 0.717) is 93.5 Å². The lowest BCUT2D eigenvalue weighted by Gasteiger charge is -2.36. The Bertz CT molecular complexity index is 3410. The van der Waals surface area contributed by atoms with Crippen molar-refractivity contribution in [3.63, 3.8) is 0 Å². The Morgan fingerprint density at radius 2 is 1.14 bits per heavy atom. The van der Waals surface area contributed by atoms with Gasteiger partial charge in [0.15, 0.2) is 11.3 Å². The summed E-state index contributed by atoms with van der Waals surface area (Å²) in [6.07, 6.45) is 9.29. The van der Waals surface area contributed by atoms with Crippen molar-refractivity contribution in [1.82, 2.24) is 53.9 Å². The first-order valence-electron chi connectivity index (χ1n) is 26.1. The Balaban J connectivity index is 0.000000180.